The molecule has 1 heterocycles. The lowest BCUT2D eigenvalue weighted by Gasteiger charge is -2.12. The third-order valence-electron chi connectivity index (χ3n) is 4.82. The second kappa shape index (κ2) is 10.4. The van der Waals surface area contributed by atoms with Crippen molar-refractivity contribution in [2.75, 3.05) is 20.1 Å². The van der Waals surface area contributed by atoms with Crippen LogP contribution in [0.15, 0.2) is 53.7 Å². The lowest BCUT2D eigenvalue weighted by atomic mass is 10.1. The van der Waals surface area contributed by atoms with Crippen molar-refractivity contribution in [3.05, 3.63) is 71.2 Å². The highest BCUT2D eigenvalue weighted by Gasteiger charge is 2.07. The predicted molar refractivity (Wildman–Crippen MR) is 119 cm³/mol. The van der Waals surface area contributed by atoms with E-state index < -0.39 is 0 Å². The van der Waals surface area contributed by atoms with Crippen molar-refractivity contribution >= 4 is 22.8 Å². The molecule has 158 valence electrons. The minimum Gasteiger partial charge on any atom is -0.361 e. The number of H-pyrrole nitrogens is 1. The fraction of sp³-hybridized carbons (Fsp3) is 0.304. The Morgan fingerprint density at radius 2 is 1.97 bits per heavy atom. The van der Waals surface area contributed by atoms with Gasteiger partial charge >= 0.3 is 0 Å². The zero-order chi connectivity index (χ0) is 21.3. The van der Waals surface area contributed by atoms with E-state index in [1.807, 2.05) is 37.4 Å². The van der Waals surface area contributed by atoms with E-state index in [1.54, 1.807) is 13.1 Å². The lowest BCUT2D eigenvalue weighted by molar-refractivity contribution is 0.0953. The van der Waals surface area contributed by atoms with Crippen molar-refractivity contribution in [2.45, 2.75) is 26.3 Å². The van der Waals surface area contributed by atoms with Crippen molar-refractivity contribution in [3.63, 3.8) is 0 Å². The van der Waals surface area contributed by atoms with Crippen LogP contribution < -0.4 is 16.0 Å². The van der Waals surface area contributed by atoms with Crippen LogP contribution in [-0.2, 0) is 13.0 Å². The molecule has 0 atom stereocenters. The van der Waals surface area contributed by atoms with Gasteiger partial charge in [0.2, 0.25) is 0 Å². The number of hydrogen-bond donors (Lipinski definition) is 4. The molecule has 4 N–H and O–H groups in total. The first-order chi connectivity index (χ1) is 14.6. The second-order valence-electron chi connectivity index (χ2n) is 7.06. The smallest absolute Gasteiger partial charge is 0.251 e. The van der Waals surface area contributed by atoms with Crippen molar-refractivity contribution in [1.82, 2.24) is 20.9 Å². The molecule has 6 nitrogen and oxygen atoms in total. The van der Waals surface area contributed by atoms with E-state index >= 15 is 0 Å². The molecule has 0 saturated carbocycles. The summed E-state index contributed by atoms with van der Waals surface area (Å²) in [6.45, 7) is 3.94. The minimum absolute atomic E-state index is 0.0557. The molecular weight excluding hydrogens is 381 g/mol. The highest BCUT2D eigenvalue weighted by molar-refractivity contribution is 5.94. The van der Waals surface area contributed by atoms with Crippen LogP contribution in [0.25, 0.3) is 10.9 Å². The van der Waals surface area contributed by atoms with Gasteiger partial charge in [-0.15, -0.1) is 0 Å². The Bertz CT molecular complexity index is 1030. The number of aromatic amines is 1. The SMILES string of the molecule is CCCNC(=O)c1cccc(CNC(=NC)NCCc2c[nH]c3cc(F)ccc23)c1. The zero-order valence-electron chi connectivity index (χ0n) is 17.4. The maximum Gasteiger partial charge on any atom is 0.251 e. The van der Waals surface area contributed by atoms with Crippen LogP contribution in [0.2, 0.25) is 0 Å². The first-order valence-electron chi connectivity index (χ1n) is 10.2. The maximum atomic E-state index is 13.3. The third kappa shape index (κ3) is 5.59. The molecule has 0 bridgehead atoms. The van der Waals surface area contributed by atoms with Gasteiger partial charge in [-0.05, 0) is 54.3 Å². The number of carbonyl (C=O) groups is 1. The molecular formula is C23H28FN5O. The number of nitrogens with one attached hydrogen (secondary N) is 4. The van der Waals surface area contributed by atoms with Crippen molar-refractivity contribution in [1.29, 1.82) is 0 Å². The van der Waals surface area contributed by atoms with Crippen LogP contribution in [0.3, 0.4) is 0 Å². The Hall–Kier alpha value is -3.35. The van der Waals surface area contributed by atoms with Gasteiger partial charge < -0.3 is 20.9 Å². The average molecular weight is 410 g/mol. The summed E-state index contributed by atoms with van der Waals surface area (Å²) in [4.78, 5) is 19.5. The first-order valence-corrected chi connectivity index (χ1v) is 10.2. The number of nitrogens with zero attached hydrogens (tertiary/aromatic N) is 1. The molecule has 0 radical (unpaired) electrons. The van der Waals surface area contributed by atoms with Crippen molar-refractivity contribution in [3.8, 4) is 0 Å². The summed E-state index contributed by atoms with van der Waals surface area (Å²) < 4.78 is 13.3. The average Bonchev–Trinajstić information content (AvgIpc) is 3.16. The molecule has 0 saturated heterocycles. The number of aliphatic imine (C=N–C) groups is 1. The molecule has 2 aromatic carbocycles. The Labute approximate surface area is 176 Å². The van der Waals surface area contributed by atoms with Crippen LogP contribution >= 0.6 is 0 Å². The topological polar surface area (TPSA) is 81.3 Å². The number of fused-ring (bicyclic) bond motifs is 1. The van der Waals surface area contributed by atoms with Gasteiger partial charge in [0.15, 0.2) is 5.96 Å². The van der Waals surface area contributed by atoms with E-state index in [4.69, 9.17) is 0 Å². The molecule has 0 unspecified atom stereocenters. The molecule has 7 heteroatoms. The summed E-state index contributed by atoms with van der Waals surface area (Å²) in [5, 5.41) is 10.5. The number of rotatable bonds is 8. The van der Waals surface area contributed by atoms with E-state index in [0.717, 1.165) is 34.9 Å². The molecule has 0 aliphatic heterocycles. The van der Waals surface area contributed by atoms with E-state index in [2.05, 4.69) is 25.9 Å². The molecule has 1 aromatic heterocycles. The van der Waals surface area contributed by atoms with Gasteiger partial charge in [0.05, 0.1) is 0 Å². The lowest BCUT2D eigenvalue weighted by Crippen LogP contribution is -2.37. The second-order valence-corrected chi connectivity index (χ2v) is 7.06. The van der Waals surface area contributed by atoms with Crippen molar-refractivity contribution < 1.29 is 9.18 Å². The van der Waals surface area contributed by atoms with Crippen LogP contribution in [0.4, 0.5) is 4.39 Å². The number of aromatic nitrogens is 1. The van der Waals surface area contributed by atoms with Crippen LogP contribution in [0.5, 0.6) is 0 Å². The minimum atomic E-state index is -0.245. The van der Waals surface area contributed by atoms with Gasteiger partial charge in [-0.1, -0.05) is 19.1 Å². The van der Waals surface area contributed by atoms with Gasteiger partial charge in [-0.2, -0.15) is 0 Å². The Morgan fingerprint density at radius 3 is 2.77 bits per heavy atom. The van der Waals surface area contributed by atoms with Gasteiger partial charge in [0.25, 0.3) is 5.91 Å². The van der Waals surface area contributed by atoms with Gasteiger partial charge in [-0.25, -0.2) is 4.39 Å². The van der Waals surface area contributed by atoms with Gasteiger partial charge in [0, 0.05) is 49.3 Å². The predicted octanol–water partition coefficient (Wildman–Crippen LogP) is 3.35. The molecule has 3 aromatic rings. The number of carbonyl (C=O) groups excluding carboxylic acids is 1. The van der Waals surface area contributed by atoms with E-state index in [-0.39, 0.29) is 11.7 Å². The summed E-state index contributed by atoms with van der Waals surface area (Å²) in [5.41, 5.74) is 3.58. The highest BCUT2D eigenvalue weighted by Crippen LogP contribution is 2.19. The van der Waals surface area contributed by atoms with E-state index in [0.29, 0.717) is 31.2 Å². The van der Waals surface area contributed by atoms with E-state index in [9.17, 15) is 9.18 Å². The van der Waals surface area contributed by atoms with E-state index in [1.165, 1.54) is 12.1 Å². The maximum absolute atomic E-state index is 13.3. The summed E-state index contributed by atoms with van der Waals surface area (Å²) in [7, 11) is 1.72. The molecule has 0 aliphatic carbocycles. The van der Waals surface area contributed by atoms with Crippen LogP contribution in [0, 0.1) is 5.82 Å². The molecule has 0 spiro atoms. The number of guanidine groups is 1. The third-order valence-corrected chi connectivity index (χ3v) is 4.82. The molecule has 30 heavy (non-hydrogen) atoms. The standard InChI is InChI=1S/C23H28FN5O/c1-3-10-26-22(30)17-6-4-5-16(12-17)14-29-23(25-2)27-11-9-18-15-28-21-13-19(24)7-8-20(18)21/h4-8,12-13,15,28H,3,9-11,14H2,1-2H3,(H,26,30)(H2,25,27,29). The summed E-state index contributed by atoms with van der Waals surface area (Å²) in [5.74, 6) is 0.382. The number of hydrogen-bond acceptors (Lipinski definition) is 2. The monoisotopic (exact) mass is 409 g/mol. The zero-order valence-corrected chi connectivity index (χ0v) is 17.4. The highest BCUT2D eigenvalue weighted by atomic mass is 19.1. The normalized spacial score (nSPS) is 11.5. The Kier molecular flexibility index (Phi) is 7.43. The quantitative estimate of drug-likeness (QED) is 0.340. The number of amides is 1. The summed E-state index contributed by atoms with van der Waals surface area (Å²) in [6, 6.07) is 12.3. The number of halogens is 1. The van der Waals surface area contributed by atoms with Gasteiger partial charge in [0.1, 0.15) is 5.82 Å². The Morgan fingerprint density at radius 1 is 1.10 bits per heavy atom. The van der Waals surface area contributed by atoms with Crippen molar-refractivity contribution in [2.24, 2.45) is 4.99 Å². The summed E-state index contributed by atoms with van der Waals surface area (Å²) >= 11 is 0. The molecule has 0 aliphatic rings. The van der Waals surface area contributed by atoms with Gasteiger partial charge in [-0.3, -0.25) is 9.79 Å². The first kappa shape index (κ1) is 21.4. The fourth-order valence-corrected chi connectivity index (χ4v) is 3.25. The molecule has 1 amide bonds. The summed E-state index contributed by atoms with van der Waals surface area (Å²) in [6.07, 6.45) is 3.60. The fourth-order valence-electron chi connectivity index (χ4n) is 3.25. The molecule has 3 rings (SSSR count). The largest absolute Gasteiger partial charge is 0.361 e. The van der Waals surface area contributed by atoms with Crippen LogP contribution in [-0.4, -0.2) is 37.0 Å². The number of benzene rings is 2. The van der Waals surface area contributed by atoms with Crippen LogP contribution in [0.1, 0.15) is 34.8 Å². The molecule has 0 fully saturated rings. The Balaban J connectivity index is 1.51.